The topological polar surface area (TPSA) is 71.0 Å². The average molecular weight is 444 g/mol. The normalized spacial score (nSPS) is 22.1. The van der Waals surface area contributed by atoms with E-state index in [1.807, 2.05) is 12.1 Å². The van der Waals surface area contributed by atoms with E-state index in [0.29, 0.717) is 35.9 Å². The van der Waals surface area contributed by atoms with E-state index in [9.17, 15) is 9.18 Å². The molecule has 0 radical (unpaired) electrons. The Morgan fingerprint density at radius 3 is 2.93 bits per heavy atom. The maximum absolute atomic E-state index is 14.5. The number of amides is 1. The van der Waals surface area contributed by atoms with Gasteiger partial charge in [-0.05, 0) is 42.7 Å². The number of carbonyl (C=O) groups excluding carboxylic acids is 1. The summed E-state index contributed by atoms with van der Waals surface area (Å²) < 4.78 is 14.5. The average Bonchev–Trinajstić information content (AvgIpc) is 3.34. The number of pyridine rings is 1. The number of hydrogen-bond donors (Lipinski definition) is 1. The van der Waals surface area contributed by atoms with Crippen LogP contribution in [0.25, 0.3) is 11.0 Å². The Hall–Kier alpha value is -2.77. The van der Waals surface area contributed by atoms with Crippen LogP contribution in [0, 0.1) is 11.7 Å². The predicted molar refractivity (Wildman–Crippen MR) is 114 cm³/mol. The number of hydrogen-bond acceptors (Lipinski definition) is 5. The Balaban J connectivity index is 1.52. The number of likely N-dealkylation sites (tertiary alicyclic amines) is 1. The molecular formula is C21H16Cl2FN5O. The van der Waals surface area contributed by atoms with E-state index >= 15 is 0 Å². The van der Waals surface area contributed by atoms with Gasteiger partial charge in [-0.2, -0.15) is 0 Å². The molecule has 3 heterocycles. The number of fused-ring (bicyclic) bond motifs is 2. The molecule has 152 valence electrons. The van der Waals surface area contributed by atoms with Crippen LogP contribution in [-0.2, 0) is 10.2 Å². The zero-order chi connectivity index (χ0) is 21.0. The van der Waals surface area contributed by atoms with Gasteiger partial charge in [0.25, 0.3) is 0 Å². The number of halogens is 3. The molecule has 2 unspecified atom stereocenters. The Bertz CT molecular complexity index is 1220. The fourth-order valence-electron chi connectivity index (χ4n) is 4.24. The summed E-state index contributed by atoms with van der Waals surface area (Å²) in [6, 6.07) is 6.82. The number of nitrogens with one attached hydrogen (secondary N) is 1. The van der Waals surface area contributed by atoms with Gasteiger partial charge in [-0.25, -0.2) is 19.3 Å². The monoisotopic (exact) mass is 443 g/mol. The van der Waals surface area contributed by atoms with Crippen molar-refractivity contribution in [3.63, 3.8) is 0 Å². The van der Waals surface area contributed by atoms with Gasteiger partial charge in [-0.15, -0.1) is 0 Å². The minimum absolute atomic E-state index is 0.0665. The molecule has 2 aliphatic rings. The first-order valence-electron chi connectivity index (χ1n) is 9.37. The highest BCUT2D eigenvalue weighted by atomic mass is 35.5. The van der Waals surface area contributed by atoms with Crippen LogP contribution in [0.1, 0.15) is 12.1 Å². The minimum Gasteiger partial charge on any atom is -0.338 e. The van der Waals surface area contributed by atoms with Gasteiger partial charge in [-0.3, -0.25) is 4.79 Å². The molecular weight excluding hydrogens is 428 g/mol. The Morgan fingerprint density at radius 1 is 1.30 bits per heavy atom. The number of rotatable bonds is 4. The van der Waals surface area contributed by atoms with Crippen LogP contribution in [0.3, 0.4) is 0 Å². The quantitative estimate of drug-likeness (QED) is 0.474. The molecule has 1 saturated heterocycles. The van der Waals surface area contributed by atoms with Gasteiger partial charge in [0, 0.05) is 24.2 Å². The molecule has 2 atom stereocenters. The molecule has 3 aromatic rings. The van der Waals surface area contributed by atoms with Crippen molar-refractivity contribution in [3.05, 3.63) is 64.8 Å². The highest BCUT2D eigenvalue weighted by molar-refractivity contribution is 6.42. The second kappa shape index (κ2) is 6.89. The van der Waals surface area contributed by atoms with E-state index in [0.717, 1.165) is 12.1 Å². The zero-order valence-corrected chi connectivity index (χ0v) is 17.2. The third kappa shape index (κ3) is 2.92. The van der Waals surface area contributed by atoms with E-state index in [2.05, 4.69) is 21.9 Å². The first-order chi connectivity index (χ1) is 14.4. The molecule has 6 nitrogen and oxygen atoms in total. The van der Waals surface area contributed by atoms with Crippen molar-refractivity contribution in [2.75, 3.05) is 18.4 Å². The third-order valence-corrected chi connectivity index (χ3v) is 6.69. The smallest absolute Gasteiger partial charge is 0.245 e. The van der Waals surface area contributed by atoms with Gasteiger partial charge in [0.2, 0.25) is 5.91 Å². The van der Waals surface area contributed by atoms with Crippen LogP contribution in [0.15, 0.2) is 43.2 Å². The van der Waals surface area contributed by atoms with E-state index < -0.39 is 5.82 Å². The fourth-order valence-corrected chi connectivity index (χ4v) is 4.55. The SMILES string of the molecule is C=CC(=O)N1CC2CC2(c2ccc3ncnc(Nc4ccc(Cl)c(Cl)c4F)c3n2)C1. The lowest BCUT2D eigenvalue weighted by Crippen LogP contribution is -2.31. The van der Waals surface area contributed by atoms with Gasteiger partial charge >= 0.3 is 0 Å². The molecule has 1 aromatic carbocycles. The number of carbonyl (C=O) groups is 1. The molecule has 1 aliphatic carbocycles. The fraction of sp³-hybridized carbons (Fsp3) is 0.238. The van der Waals surface area contributed by atoms with Crippen molar-refractivity contribution < 1.29 is 9.18 Å². The van der Waals surface area contributed by atoms with Crippen LogP contribution in [-0.4, -0.2) is 38.8 Å². The van der Waals surface area contributed by atoms with Crippen molar-refractivity contribution in [3.8, 4) is 0 Å². The lowest BCUT2D eigenvalue weighted by Gasteiger charge is -2.19. The number of anilines is 2. The second-order valence-corrected chi connectivity index (χ2v) is 8.40. The molecule has 0 bridgehead atoms. The summed E-state index contributed by atoms with van der Waals surface area (Å²) >= 11 is 11.8. The van der Waals surface area contributed by atoms with Crippen LogP contribution in [0.5, 0.6) is 0 Å². The van der Waals surface area contributed by atoms with Gasteiger partial charge in [0.15, 0.2) is 11.6 Å². The van der Waals surface area contributed by atoms with Gasteiger partial charge in [-0.1, -0.05) is 29.8 Å². The van der Waals surface area contributed by atoms with Crippen LogP contribution < -0.4 is 5.32 Å². The largest absolute Gasteiger partial charge is 0.338 e. The van der Waals surface area contributed by atoms with E-state index in [1.165, 1.54) is 24.5 Å². The summed E-state index contributed by atoms with van der Waals surface area (Å²) in [5, 5.41) is 2.92. The van der Waals surface area contributed by atoms with E-state index in [1.54, 1.807) is 4.90 Å². The molecule has 5 rings (SSSR count). The molecule has 30 heavy (non-hydrogen) atoms. The Labute approximate surface area is 181 Å². The lowest BCUT2D eigenvalue weighted by molar-refractivity contribution is -0.125. The van der Waals surface area contributed by atoms with Gasteiger partial charge < -0.3 is 10.2 Å². The molecule has 1 amide bonds. The zero-order valence-electron chi connectivity index (χ0n) is 15.7. The molecule has 0 spiro atoms. The molecule has 1 N–H and O–H groups in total. The maximum atomic E-state index is 14.5. The van der Waals surface area contributed by atoms with Crippen molar-refractivity contribution >= 4 is 51.6 Å². The summed E-state index contributed by atoms with van der Waals surface area (Å²) in [6.45, 7) is 4.89. The molecule has 9 heteroatoms. The Kier molecular flexibility index (Phi) is 4.41. The highest BCUT2D eigenvalue weighted by Crippen LogP contribution is 2.58. The molecule has 1 saturated carbocycles. The molecule has 2 aromatic heterocycles. The van der Waals surface area contributed by atoms with Crippen LogP contribution in [0.4, 0.5) is 15.9 Å². The molecule has 1 aliphatic heterocycles. The second-order valence-electron chi connectivity index (χ2n) is 7.61. The van der Waals surface area contributed by atoms with Gasteiger partial charge in [0.1, 0.15) is 11.8 Å². The number of piperidine rings is 1. The van der Waals surface area contributed by atoms with Crippen LogP contribution >= 0.6 is 23.2 Å². The van der Waals surface area contributed by atoms with Crippen LogP contribution in [0.2, 0.25) is 10.0 Å². The van der Waals surface area contributed by atoms with E-state index in [4.69, 9.17) is 28.2 Å². The molecule has 2 fully saturated rings. The predicted octanol–water partition coefficient (Wildman–Crippen LogP) is 4.50. The van der Waals surface area contributed by atoms with E-state index in [-0.39, 0.29) is 27.1 Å². The summed E-state index contributed by atoms with van der Waals surface area (Å²) in [6.07, 6.45) is 3.71. The van der Waals surface area contributed by atoms with Crippen molar-refractivity contribution in [1.82, 2.24) is 19.9 Å². The first-order valence-corrected chi connectivity index (χ1v) is 10.1. The lowest BCUT2D eigenvalue weighted by atomic mass is 10.0. The third-order valence-electron chi connectivity index (χ3n) is 5.91. The maximum Gasteiger partial charge on any atom is 0.245 e. The summed E-state index contributed by atoms with van der Waals surface area (Å²) in [5.74, 6) is 0.00937. The first kappa shape index (κ1) is 19.2. The number of nitrogens with zero attached hydrogens (tertiary/aromatic N) is 4. The summed E-state index contributed by atoms with van der Waals surface area (Å²) in [5.41, 5.74) is 2.01. The summed E-state index contributed by atoms with van der Waals surface area (Å²) in [7, 11) is 0. The number of aromatic nitrogens is 3. The standard InChI is InChI=1S/C21H16Cl2FN5O/c1-2-16(30)29-8-11-7-21(11,9-29)15-6-5-14-19(28-15)20(26-10-25-14)27-13-4-3-12(22)17(23)18(13)24/h2-6,10-11H,1,7-9H2,(H,25,26,27). The minimum atomic E-state index is -0.665. The van der Waals surface area contributed by atoms with Crippen molar-refractivity contribution in [2.24, 2.45) is 5.92 Å². The van der Waals surface area contributed by atoms with Crippen molar-refractivity contribution in [1.29, 1.82) is 0 Å². The van der Waals surface area contributed by atoms with Gasteiger partial charge in [0.05, 0.1) is 21.2 Å². The summed E-state index contributed by atoms with van der Waals surface area (Å²) in [4.78, 5) is 27.2. The Morgan fingerprint density at radius 2 is 2.13 bits per heavy atom. The highest BCUT2D eigenvalue weighted by Gasteiger charge is 2.62. The number of benzene rings is 1. The van der Waals surface area contributed by atoms with Crippen molar-refractivity contribution in [2.45, 2.75) is 11.8 Å².